The Morgan fingerprint density at radius 3 is 2.11 bits per heavy atom. The van der Waals surface area contributed by atoms with Gasteiger partial charge in [-0.3, -0.25) is 4.90 Å². The van der Waals surface area contributed by atoms with Gasteiger partial charge in [-0.25, -0.2) is 4.79 Å². The Hall–Kier alpha value is -2.48. The third-order valence-electron chi connectivity index (χ3n) is 7.77. The fraction of sp³-hybridized carbons (Fsp3) is 0.607. The highest BCUT2D eigenvalue weighted by Gasteiger charge is 2.45. The molecule has 0 amide bonds. The van der Waals surface area contributed by atoms with Crippen molar-refractivity contribution >= 4 is 16.9 Å². The van der Waals surface area contributed by atoms with E-state index in [1.807, 2.05) is 18.2 Å². The van der Waals surface area contributed by atoms with Crippen LogP contribution in [0.5, 0.6) is 5.75 Å². The Bertz CT molecular complexity index is 1050. The SMILES string of the molecule is CC(C)(C)C1CCC(Oc2ccc3cc(C(N4CCC(OC(=O)O)CC4)C(F)(F)F)ccc3c2)CC1. The minimum atomic E-state index is -4.46. The van der Waals surface area contributed by atoms with Crippen molar-refractivity contribution in [2.75, 3.05) is 13.1 Å². The number of nitrogens with zero attached hydrogens (tertiary/aromatic N) is 1. The van der Waals surface area contributed by atoms with Crippen LogP contribution >= 0.6 is 0 Å². The van der Waals surface area contributed by atoms with E-state index in [0.29, 0.717) is 11.3 Å². The number of likely N-dealkylation sites (tertiary alicyclic amines) is 1. The zero-order chi connectivity index (χ0) is 26.1. The second-order valence-electron chi connectivity index (χ2n) is 11.3. The Morgan fingerprint density at radius 1 is 0.917 bits per heavy atom. The summed E-state index contributed by atoms with van der Waals surface area (Å²) in [7, 11) is 0. The summed E-state index contributed by atoms with van der Waals surface area (Å²) >= 11 is 0. The molecule has 0 bridgehead atoms. The Kier molecular flexibility index (Phi) is 7.74. The average molecular weight is 508 g/mol. The molecule has 1 aliphatic carbocycles. The van der Waals surface area contributed by atoms with Crippen LogP contribution in [0.25, 0.3) is 10.8 Å². The predicted octanol–water partition coefficient (Wildman–Crippen LogP) is 7.59. The lowest BCUT2D eigenvalue weighted by Crippen LogP contribution is -2.45. The predicted molar refractivity (Wildman–Crippen MR) is 132 cm³/mol. The summed E-state index contributed by atoms with van der Waals surface area (Å²) in [5.41, 5.74) is 0.490. The number of benzene rings is 2. The fourth-order valence-electron chi connectivity index (χ4n) is 5.73. The number of halogens is 3. The van der Waals surface area contributed by atoms with Gasteiger partial charge in [0, 0.05) is 13.1 Å². The molecule has 0 radical (unpaired) electrons. The van der Waals surface area contributed by atoms with Crippen LogP contribution in [-0.4, -0.2) is 47.6 Å². The monoisotopic (exact) mass is 507 g/mol. The summed E-state index contributed by atoms with van der Waals surface area (Å²) in [5.74, 6) is 1.45. The second-order valence-corrected chi connectivity index (χ2v) is 11.3. The number of hydrogen-bond acceptors (Lipinski definition) is 4. The number of fused-ring (bicyclic) bond motifs is 1. The minimum absolute atomic E-state index is 0.115. The number of carbonyl (C=O) groups is 1. The second kappa shape index (κ2) is 10.5. The molecular formula is C28H36F3NO4. The first-order valence-corrected chi connectivity index (χ1v) is 12.8. The van der Waals surface area contributed by atoms with Crippen molar-refractivity contribution < 1.29 is 32.5 Å². The molecule has 1 atom stereocenters. The van der Waals surface area contributed by atoms with Crippen LogP contribution in [0.15, 0.2) is 36.4 Å². The maximum Gasteiger partial charge on any atom is 0.506 e. The van der Waals surface area contributed by atoms with Crippen molar-refractivity contribution in [3.05, 3.63) is 42.0 Å². The average Bonchev–Trinajstić information content (AvgIpc) is 2.79. The lowest BCUT2D eigenvalue weighted by atomic mass is 9.72. The number of carboxylic acid groups (broad SMARTS) is 1. The van der Waals surface area contributed by atoms with Crippen LogP contribution < -0.4 is 4.74 Å². The standard InChI is InChI=1S/C28H36F3NO4/c1-27(2,3)21-7-10-22(11-8-21)35-24-9-6-18-16-20(5-4-19(18)17-24)25(28(29,30)31)32-14-12-23(13-15-32)36-26(33)34/h4-6,9,16-17,21-23,25H,7-8,10-15H2,1-3H3,(H,33,34). The van der Waals surface area contributed by atoms with Crippen molar-refractivity contribution in [1.82, 2.24) is 4.90 Å². The summed E-state index contributed by atoms with van der Waals surface area (Å²) in [5, 5.41) is 10.3. The summed E-state index contributed by atoms with van der Waals surface area (Å²) < 4.78 is 53.4. The van der Waals surface area contributed by atoms with Crippen molar-refractivity contribution in [2.24, 2.45) is 11.3 Å². The molecule has 4 rings (SSSR count). The number of piperidine rings is 1. The summed E-state index contributed by atoms with van der Waals surface area (Å²) in [6.07, 6.45) is -1.45. The minimum Gasteiger partial charge on any atom is -0.490 e. The topological polar surface area (TPSA) is 59.0 Å². The van der Waals surface area contributed by atoms with Crippen molar-refractivity contribution in [1.29, 1.82) is 0 Å². The molecule has 5 nitrogen and oxygen atoms in total. The molecule has 1 N–H and O–H groups in total. The van der Waals surface area contributed by atoms with E-state index in [0.717, 1.165) is 42.2 Å². The maximum absolute atomic E-state index is 14.1. The van der Waals surface area contributed by atoms with Gasteiger partial charge in [0.15, 0.2) is 0 Å². The molecule has 2 fully saturated rings. The van der Waals surface area contributed by atoms with E-state index >= 15 is 0 Å². The number of ether oxygens (including phenoxy) is 2. The number of alkyl halides is 3. The largest absolute Gasteiger partial charge is 0.506 e. The Morgan fingerprint density at radius 2 is 1.53 bits per heavy atom. The highest BCUT2D eigenvalue weighted by molar-refractivity contribution is 5.84. The zero-order valence-electron chi connectivity index (χ0n) is 21.2. The van der Waals surface area contributed by atoms with Gasteiger partial charge < -0.3 is 14.6 Å². The third kappa shape index (κ3) is 6.44. The van der Waals surface area contributed by atoms with Crippen LogP contribution in [-0.2, 0) is 4.74 Å². The van der Waals surface area contributed by atoms with Crippen LogP contribution in [0, 0.1) is 11.3 Å². The van der Waals surface area contributed by atoms with E-state index in [1.54, 1.807) is 18.2 Å². The maximum atomic E-state index is 14.1. The molecule has 198 valence electrons. The molecule has 2 aromatic rings. The van der Waals surface area contributed by atoms with Crippen molar-refractivity contribution in [3.63, 3.8) is 0 Å². The van der Waals surface area contributed by atoms with Crippen LogP contribution in [0.2, 0.25) is 0 Å². The normalized spacial score (nSPS) is 23.4. The van der Waals surface area contributed by atoms with E-state index in [-0.39, 0.29) is 37.6 Å². The molecule has 36 heavy (non-hydrogen) atoms. The molecule has 1 unspecified atom stereocenters. The first-order valence-electron chi connectivity index (χ1n) is 12.8. The van der Waals surface area contributed by atoms with Gasteiger partial charge in [-0.05, 0) is 84.4 Å². The smallest absolute Gasteiger partial charge is 0.490 e. The number of rotatable bonds is 5. The highest BCUT2D eigenvalue weighted by Crippen LogP contribution is 2.41. The van der Waals surface area contributed by atoms with Gasteiger partial charge in [0.05, 0.1) is 6.10 Å². The highest BCUT2D eigenvalue weighted by atomic mass is 19.4. The van der Waals surface area contributed by atoms with E-state index in [9.17, 15) is 18.0 Å². The van der Waals surface area contributed by atoms with Gasteiger partial charge in [0.25, 0.3) is 0 Å². The molecule has 8 heteroatoms. The van der Waals surface area contributed by atoms with E-state index < -0.39 is 24.5 Å². The van der Waals surface area contributed by atoms with Gasteiger partial charge in [-0.2, -0.15) is 13.2 Å². The molecule has 2 aromatic carbocycles. The summed E-state index contributed by atoms with van der Waals surface area (Å²) in [4.78, 5) is 12.1. The first kappa shape index (κ1) is 26.6. The Balaban J connectivity index is 1.45. The van der Waals surface area contributed by atoms with E-state index in [1.165, 1.54) is 4.90 Å². The van der Waals surface area contributed by atoms with Gasteiger partial charge in [0.2, 0.25) is 0 Å². The molecule has 0 spiro atoms. The van der Waals surface area contributed by atoms with Crippen LogP contribution in [0.3, 0.4) is 0 Å². The molecule has 0 aromatic heterocycles. The lowest BCUT2D eigenvalue weighted by Gasteiger charge is -2.38. The van der Waals surface area contributed by atoms with Gasteiger partial charge in [-0.1, -0.05) is 39.0 Å². The summed E-state index contributed by atoms with van der Waals surface area (Å²) in [6, 6.07) is 8.71. The van der Waals surface area contributed by atoms with E-state index in [4.69, 9.17) is 14.6 Å². The van der Waals surface area contributed by atoms with E-state index in [2.05, 4.69) is 20.8 Å². The van der Waals surface area contributed by atoms with Crippen LogP contribution in [0.1, 0.15) is 70.9 Å². The molecule has 1 aliphatic heterocycles. The van der Waals surface area contributed by atoms with Gasteiger partial charge in [0.1, 0.15) is 17.9 Å². The quantitative estimate of drug-likeness (QED) is 0.423. The molecule has 2 aliphatic rings. The summed E-state index contributed by atoms with van der Waals surface area (Å²) in [6.45, 7) is 7.09. The molecule has 1 saturated carbocycles. The number of hydrogen-bond donors (Lipinski definition) is 1. The van der Waals surface area contributed by atoms with Crippen LogP contribution in [0.4, 0.5) is 18.0 Å². The molecule has 1 saturated heterocycles. The van der Waals surface area contributed by atoms with Gasteiger partial charge >= 0.3 is 12.3 Å². The Labute approximate surface area is 210 Å². The van der Waals surface area contributed by atoms with Crippen molar-refractivity contribution in [3.8, 4) is 5.75 Å². The molecular weight excluding hydrogens is 471 g/mol. The lowest BCUT2D eigenvalue weighted by molar-refractivity contribution is -0.191. The van der Waals surface area contributed by atoms with Gasteiger partial charge in [-0.15, -0.1) is 0 Å². The molecule has 1 heterocycles. The first-order chi connectivity index (χ1) is 16.9. The zero-order valence-corrected chi connectivity index (χ0v) is 21.2. The fourth-order valence-corrected chi connectivity index (χ4v) is 5.73. The third-order valence-corrected chi connectivity index (χ3v) is 7.77. The van der Waals surface area contributed by atoms with Crippen molar-refractivity contribution in [2.45, 2.75) is 83.7 Å².